The minimum absolute atomic E-state index is 0.197. The highest BCUT2D eigenvalue weighted by molar-refractivity contribution is 5.91. The van der Waals surface area contributed by atoms with Gasteiger partial charge in [0.2, 0.25) is 0 Å². The number of aromatic nitrogens is 1. The summed E-state index contributed by atoms with van der Waals surface area (Å²) in [5.74, 6) is 0.193. The number of carbonyl (C=O) groups is 1. The zero-order valence-electron chi connectivity index (χ0n) is 13.4. The lowest BCUT2D eigenvalue weighted by Crippen LogP contribution is -2.45. The van der Waals surface area contributed by atoms with E-state index in [0.717, 1.165) is 10.7 Å². The van der Waals surface area contributed by atoms with Gasteiger partial charge in [0.1, 0.15) is 5.75 Å². The van der Waals surface area contributed by atoms with Crippen molar-refractivity contribution in [3.63, 3.8) is 0 Å². The summed E-state index contributed by atoms with van der Waals surface area (Å²) in [7, 11) is 0. The number of benzene rings is 1. The van der Waals surface area contributed by atoms with E-state index in [9.17, 15) is 9.90 Å². The Bertz CT molecular complexity index is 734. The fourth-order valence-corrected chi connectivity index (χ4v) is 2.64. The summed E-state index contributed by atoms with van der Waals surface area (Å²) < 4.78 is 5.49. The molecule has 0 saturated heterocycles. The largest absolute Gasteiger partial charge is 0.484 e. The van der Waals surface area contributed by atoms with Gasteiger partial charge in [-0.05, 0) is 30.7 Å². The lowest BCUT2D eigenvalue weighted by atomic mass is 9.97. The molecule has 0 saturated carbocycles. The van der Waals surface area contributed by atoms with Crippen LogP contribution >= 0.6 is 0 Å². The van der Waals surface area contributed by atoms with E-state index in [1.165, 1.54) is 0 Å². The summed E-state index contributed by atoms with van der Waals surface area (Å²) in [5.41, 5.74) is -0.147. The molecule has 2 aromatic rings. The van der Waals surface area contributed by atoms with Crippen molar-refractivity contribution in [2.45, 2.75) is 25.5 Å². The summed E-state index contributed by atoms with van der Waals surface area (Å²) in [4.78, 5) is 16.5. The zero-order valence-corrected chi connectivity index (χ0v) is 13.4. The normalized spacial score (nSPS) is 19.9. The Hall–Kier alpha value is -2.73. The minimum atomic E-state index is -1.49. The molecule has 1 N–H and O–H groups in total. The molecule has 6 heteroatoms. The number of ether oxygens (including phenoxy) is 1. The van der Waals surface area contributed by atoms with Crippen LogP contribution in [0.3, 0.4) is 0 Å². The van der Waals surface area contributed by atoms with E-state index in [1.54, 1.807) is 36.7 Å². The number of aliphatic hydroxyl groups is 1. The number of pyridine rings is 1. The summed E-state index contributed by atoms with van der Waals surface area (Å²) in [6, 6.07) is 12.4. The Morgan fingerprint density at radius 3 is 2.62 bits per heavy atom. The first-order valence-corrected chi connectivity index (χ1v) is 7.83. The van der Waals surface area contributed by atoms with Crippen molar-refractivity contribution in [3.8, 4) is 5.75 Å². The van der Waals surface area contributed by atoms with Crippen LogP contribution in [-0.2, 0) is 10.5 Å². The average molecular weight is 325 g/mol. The second-order valence-electron chi connectivity index (χ2n) is 5.56. The molecule has 0 fully saturated rings. The van der Waals surface area contributed by atoms with Crippen molar-refractivity contribution >= 4 is 11.6 Å². The molecule has 3 rings (SSSR count). The van der Waals surface area contributed by atoms with Gasteiger partial charge in [-0.3, -0.25) is 9.78 Å². The van der Waals surface area contributed by atoms with Crippen LogP contribution in [0.2, 0.25) is 0 Å². The van der Waals surface area contributed by atoms with Gasteiger partial charge in [-0.25, -0.2) is 0 Å². The average Bonchev–Trinajstić information content (AvgIpc) is 2.99. The minimum Gasteiger partial charge on any atom is -0.484 e. The van der Waals surface area contributed by atoms with Gasteiger partial charge in [0.25, 0.3) is 5.91 Å². The van der Waals surface area contributed by atoms with Crippen molar-refractivity contribution in [2.24, 2.45) is 5.10 Å². The van der Waals surface area contributed by atoms with Gasteiger partial charge in [-0.1, -0.05) is 25.1 Å². The Kier molecular flexibility index (Phi) is 4.57. The van der Waals surface area contributed by atoms with Crippen LogP contribution in [0.1, 0.15) is 25.3 Å². The van der Waals surface area contributed by atoms with Gasteiger partial charge in [-0.15, -0.1) is 0 Å². The molecule has 0 aliphatic carbocycles. The fourth-order valence-electron chi connectivity index (χ4n) is 2.64. The first-order chi connectivity index (χ1) is 11.6. The molecule has 0 radical (unpaired) electrons. The molecule has 1 aliphatic heterocycles. The number of hydrazone groups is 1. The number of carbonyl (C=O) groups excluding carboxylic acids is 1. The molecule has 1 aromatic carbocycles. The predicted octanol–water partition coefficient (Wildman–Crippen LogP) is 2.30. The van der Waals surface area contributed by atoms with Crippen LogP contribution in [0, 0.1) is 0 Å². The number of rotatable bonds is 5. The SMILES string of the molecule is CCC1=NN(C(=O)COc2ccccc2)[C@@](O)(c2ccncc2)C1. The molecule has 1 atom stereocenters. The number of amides is 1. The van der Waals surface area contributed by atoms with Crippen molar-refractivity contribution < 1.29 is 14.6 Å². The van der Waals surface area contributed by atoms with E-state index in [0.29, 0.717) is 17.7 Å². The topological polar surface area (TPSA) is 75.0 Å². The third kappa shape index (κ3) is 3.14. The monoisotopic (exact) mass is 325 g/mol. The van der Waals surface area contributed by atoms with E-state index in [-0.39, 0.29) is 13.0 Å². The van der Waals surface area contributed by atoms with Crippen LogP contribution in [0.4, 0.5) is 0 Å². The van der Waals surface area contributed by atoms with E-state index in [2.05, 4.69) is 10.1 Å². The van der Waals surface area contributed by atoms with E-state index < -0.39 is 11.6 Å². The van der Waals surface area contributed by atoms with Gasteiger partial charge in [0.15, 0.2) is 12.3 Å². The van der Waals surface area contributed by atoms with Gasteiger partial charge in [0, 0.05) is 30.1 Å². The summed E-state index contributed by atoms with van der Waals surface area (Å²) in [5, 5.41) is 16.5. The van der Waals surface area contributed by atoms with Crippen molar-refractivity contribution in [3.05, 3.63) is 60.4 Å². The Labute approximate surface area is 140 Å². The van der Waals surface area contributed by atoms with Crippen LogP contribution in [0.25, 0.3) is 0 Å². The second kappa shape index (κ2) is 6.80. The quantitative estimate of drug-likeness (QED) is 0.915. The number of hydrogen-bond donors (Lipinski definition) is 1. The Morgan fingerprint density at radius 2 is 1.96 bits per heavy atom. The number of nitrogens with zero attached hydrogens (tertiary/aromatic N) is 3. The first kappa shape index (κ1) is 16.1. The van der Waals surface area contributed by atoms with E-state index in [4.69, 9.17) is 4.74 Å². The van der Waals surface area contributed by atoms with E-state index in [1.807, 2.05) is 25.1 Å². The molecular formula is C18H19N3O3. The zero-order chi connectivity index (χ0) is 17.0. The molecule has 1 aromatic heterocycles. The lowest BCUT2D eigenvalue weighted by molar-refractivity contribution is -0.159. The van der Waals surface area contributed by atoms with Crippen LogP contribution in [0.5, 0.6) is 5.75 Å². The molecule has 2 heterocycles. The standard InChI is InChI=1S/C18H19N3O3/c1-2-15-12-18(23,14-8-10-19-11-9-14)21(20-15)17(22)13-24-16-6-4-3-5-7-16/h3-11,23H,2,12-13H2,1H3/t18-/m0/s1. The maximum Gasteiger partial charge on any atom is 0.283 e. The predicted molar refractivity (Wildman–Crippen MR) is 89.3 cm³/mol. The summed E-state index contributed by atoms with van der Waals surface area (Å²) in [6.45, 7) is 1.75. The lowest BCUT2D eigenvalue weighted by Gasteiger charge is -2.31. The molecule has 1 aliphatic rings. The highest BCUT2D eigenvalue weighted by atomic mass is 16.5. The van der Waals surface area contributed by atoms with E-state index >= 15 is 0 Å². The molecule has 0 bridgehead atoms. The summed E-state index contributed by atoms with van der Waals surface area (Å²) >= 11 is 0. The van der Waals surface area contributed by atoms with Crippen LogP contribution in [0.15, 0.2) is 60.0 Å². The molecule has 6 nitrogen and oxygen atoms in total. The fraction of sp³-hybridized carbons (Fsp3) is 0.278. The highest BCUT2D eigenvalue weighted by Crippen LogP contribution is 2.35. The van der Waals surface area contributed by atoms with Gasteiger partial charge < -0.3 is 9.84 Å². The first-order valence-electron chi connectivity index (χ1n) is 7.83. The molecule has 24 heavy (non-hydrogen) atoms. The Balaban J connectivity index is 1.80. The van der Waals surface area contributed by atoms with Gasteiger partial charge in [-0.2, -0.15) is 10.1 Å². The smallest absolute Gasteiger partial charge is 0.283 e. The third-order valence-electron chi connectivity index (χ3n) is 3.93. The van der Waals surface area contributed by atoms with Crippen LogP contribution in [-0.4, -0.2) is 33.3 Å². The third-order valence-corrected chi connectivity index (χ3v) is 3.93. The molecule has 0 unspecified atom stereocenters. The molecule has 0 spiro atoms. The number of hydrogen-bond acceptors (Lipinski definition) is 5. The van der Waals surface area contributed by atoms with Crippen LogP contribution < -0.4 is 4.74 Å². The van der Waals surface area contributed by atoms with Gasteiger partial charge in [0.05, 0.1) is 0 Å². The van der Waals surface area contributed by atoms with Crippen molar-refractivity contribution in [1.29, 1.82) is 0 Å². The molecule has 124 valence electrons. The summed E-state index contributed by atoms with van der Waals surface area (Å²) in [6.07, 6.45) is 4.11. The van der Waals surface area contributed by atoms with Gasteiger partial charge >= 0.3 is 0 Å². The van der Waals surface area contributed by atoms with Crippen molar-refractivity contribution in [1.82, 2.24) is 9.99 Å². The van der Waals surface area contributed by atoms with Crippen molar-refractivity contribution in [2.75, 3.05) is 6.61 Å². The number of para-hydroxylation sites is 1. The second-order valence-corrected chi connectivity index (χ2v) is 5.56. The highest BCUT2D eigenvalue weighted by Gasteiger charge is 2.45. The Morgan fingerprint density at radius 1 is 1.25 bits per heavy atom. The molecule has 1 amide bonds. The maximum atomic E-state index is 12.6. The maximum absolute atomic E-state index is 12.6. The molecular weight excluding hydrogens is 306 g/mol.